The molecule has 0 bridgehead atoms. The summed E-state index contributed by atoms with van der Waals surface area (Å²) >= 11 is 0. The molecule has 2 aromatic rings. The summed E-state index contributed by atoms with van der Waals surface area (Å²) in [7, 11) is 3.64. The minimum absolute atomic E-state index is 0.183. The molecule has 0 spiro atoms. The Morgan fingerprint density at radius 1 is 1.00 bits per heavy atom. The molecule has 3 rings (SSSR count). The van der Waals surface area contributed by atoms with E-state index < -0.39 is 0 Å². The lowest BCUT2D eigenvalue weighted by atomic mass is 10.1. The molecule has 1 aromatic heterocycles. The van der Waals surface area contributed by atoms with Crippen LogP contribution in [0.4, 0.5) is 0 Å². The van der Waals surface area contributed by atoms with Crippen molar-refractivity contribution in [3.05, 3.63) is 47.7 Å². The number of rotatable bonds is 5. The molecule has 0 N–H and O–H groups in total. The summed E-state index contributed by atoms with van der Waals surface area (Å²) in [5, 5.41) is 0. The molecule has 0 aliphatic carbocycles. The molecule has 26 heavy (non-hydrogen) atoms. The van der Waals surface area contributed by atoms with Gasteiger partial charge in [0.1, 0.15) is 11.5 Å². The Morgan fingerprint density at radius 3 is 2.35 bits per heavy atom. The van der Waals surface area contributed by atoms with Crippen LogP contribution in [-0.4, -0.2) is 67.4 Å². The third-order valence-corrected chi connectivity index (χ3v) is 4.92. The van der Waals surface area contributed by atoms with E-state index in [4.69, 9.17) is 4.42 Å². The number of carbonyl (C=O) groups is 1. The van der Waals surface area contributed by atoms with Crippen LogP contribution < -0.4 is 0 Å². The van der Waals surface area contributed by atoms with Gasteiger partial charge >= 0.3 is 0 Å². The third kappa shape index (κ3) is 4.96. The van der Waals surface area contributed by atoms with Gasteiger partial charge in [-0.25, -0.2) is 0 Å². The molecule has 0 atom stereocenters. The number of hydrogen-bond acceptors (Lipinski definition) is 4. The Morgan fingerprint density at radius 2 is 1.69 bits per heavy atom. The number of hydrogen-bond donors (Lipinski definition) is 0. The molecule has 5 nitrogen and oxygen atoms in total. The second-order valence-electron chi connectivity index (χ2n) is 7.30. The van der Waals surface area contributed by atoms with Crippen LogP contribution in [-0.2, 0) is 11.3 Å². The molecular weight excluding hydrogens is 326 g/mol. The highest BCUT2D eigenvalue weighted by Crippen LogP contribution is 2.22. The highest BCUT2D eigenvalue weighted by molar-refractivity contribution is 5.77. The highest BCUT2D eigenvalue weighted by Gasteiger charge is 2.18. The first-order valence-corrected chi connectivity index (χ1v) is 9.32. The molecule has 1 fully saturated rings. The van der Waals surface area contributed by atoms with E-state index in [0.717, 1.165) is 56.2 Å². The number of aryl methyl sites for hydroxylation is 1. The Hall–Kier alpha value is -2.11. The zero-order chi connectivity index (χ0) is 18.5. The van der Waals surface area contributed by atoms with E-state index in [0.29, 0.717) is 6.54 Å². The van der Waals surface area contributed by atoms with Gasteiger partial charge in [-0.3, -0.25) is 14.6 Å². The fraction of sp³-hybridized carbons (Fsp3) is 0.476. The standard InChI is InChI=1S/C21H29N3O2/c1-17-5-10-20(26-17)19-8-6-18(7-9-19)15-23-11-4-12-24(14-13-23)16-21(25)22(2)3/h5-10H,4,11-16H2,1-3H3. The molecule has 1 aliphatic heterocycles. The summed E-state index contributed by atoms with van der Waals surface area (Å²) in [6, 6.07) is 12.6. The van der Waals surface area contributed by atoms with Crippen molar-refractivity contribution in [2.75, 3.05) is 46.8 Å². The molecule has 0 unspecified atom stereocenters. The number of carbonyl (C=O) groups excluding carboxylic acids is 1. The largest absolute Gasteiger partial charge is 0.461 e. The van der Waals surface area contributed by atoms with Crippen LogP contribution in [0.2, 0.25) is 0 Å². The first kappa shape index (κ1) is 18.7. The summed E-state index contributed by atoms with van der Waals surface area (Å²) < 4.78 is 5.69. The quantitative estimate of drug-likeness (QED) is 0.827. The van der Waals surface area contributed by atoms with Gasteiger partial charge in [-0.05, 0) is 44.1 Å². The Balaban J connectivity index is 1.53. The highest BCUT2D eigenvalue weighted by atomic mass is 16.3. The van der Waals surface area contributed by atoms with E-state index in [9.17, 15) is 4.79 Å². The lowest BCUT2D eigenvalue weighted by molar-refractivity contribution is -0.129. The number of amides is 1. The Bertz CT molecular complexity index is 721. The van der Waals surface area contributed by atoms with Crippen molar-refractivity contribution in [3.8, 4) is 11.3 Å². The minimum Gasteiger partial charge on any atom is -0.461 e. The van der Waals surface area contributed by atoms with Crippen LogP contribution in [0.3, 0.4) is 0 Å². The predicted molar refractivity (Wildman–Crippen MR) is 104 cm³/mol. The summed E-state index contributed by atoms with van der Waals surface area (Å²) in [4.78, 5) is 18.3. The van der Waals surface area contributed by atoms with Gasteiger partial charge in [0.2, 0.25) is 5.91 Å². The summed E-state index contributed by atoms with van der Waals surface area (Å²) in [6.45, 7) is 7.46. The van der Waals surface area contributed by atoms with Gasteiger partial charge in [-0.15, -0.1) is 0 Å². The zero-order valence-electron chi connectivity index (χ0n) is 16.1. The van der Waals surface area contributed by atoms with Crippen LogP contribution in [0.15, 0.2) is 40.8 Å². The maximum atomic E-state index is 11.9. The molecule has 2 heterocycles. The van der Waals surface area contributed by atoms with Gasteiger partial charge in [-0.1, -0.05) is 24.3 Å². The van der Waals surface area contributed by atoms with E-state index in [1.54, 1.807) is 4.90 Å². The first-order chi connectivity index (χ1) is 12.5. The second kappa shape index (κ2) is 8.52. The van der Waals surface area contributed by atoms with Crippen LogP contribution in [0, 0.1) is 6.92 Å². The van der Waals surface area contributed by atoms with Crippen molar-refractivity contribution in [1.29, 1.82) is 0 Å². The molecule has 1 amide bonds. The van der Waals surface area contributed by atoms with Crippen LogP contribution in [0.1, 0.15) is 17.7 Å². The fourth-order valence-corrected chi connectivity index (χ4v) is 3.30. The number of benzene rings is 1. The Kier molecular flexibility index (Phi) is 6.12. The fourth-order valence-electron chi connectivity index (χ4n) is 3.30. The molecule has 1 aromatic carbocycles. The number of nitrogens with zero attached hydrogens (tertiary/aromatic N) is 3. The van der Waals surface area contributed by atoms with Crippen molar-refractivity contribution in [1.82, 2.24) is 14.7 Å². The average molecular weight is 355 g/mol. The van der Waals surface area contributed by atoms with E-state index in [2.05, 4.69) is 34.1 Å². The predicted octanol–water partition coefficient (Wildman–Crippen LogP) is 2.85. The van der Waals surface area contributed by atoms with Gasteiger partial charge in [0, 0.05) is 39.3 Å². The smallest absolute Gasteiger partial charge is 0.236 e. The van der Waals surface area contributed by atoms with Gasteiger partial charge in [0.15, 0.2) is 0 Å². The van der Waals surface area contributed by atoms with Gasteiger partial charge < -0.3 is 9.32 Å². The monoisotopic (exact) mass is 355 g/mol. The summed E-state index contributed by atoms with van der Waals surface area (Å²) in [5.41, 5.74) is 2.43. The summed E-state index contributed by atoms with van der Waals surface area (Å²) in [6.07, 6.45) is 1.10. The SMILES string of the molecule is Cc1ccc(-c2ccc(CN3CCCN(CC(=O)N(C)C)CC3)cc2)o1. The molecule has 1 aliphatic rings. The first-order valence-electron chi connectivity index (χ1n) is 9.32. The molecule has 0 saturated carbocycles. The Labute approximate surface area is 156 Å². The molecule has 0 radical (unpaired) electrons. The molecular formula is C21H29N3O2. The maximum absolute atomic E-state index is 11.9. The van der Waals surface area contributed by atoms with Gasteiger partial charge in [0.25, 0.3) is 0 Å². The van der Waals surface area contributed by atoms with Crippen LogP contribution >= 0.6 is 0 Å². The van der Waals surface area contributed by atoms with E-state index in [-0.39, 0.29) is 5.91 Å². The van der Waals surface area contributed by atoms with Crippen LogP contribution in [0.5, 0.6) is 0 Å². The lowest BCUT2D eigenvalue weighted by Crippen LogP contribution is -2.38. The number of furan rings is 1. The number of likely N-dealkylation sites (N-methyl/N-ethyl adjacent to an activating group) is 1. The molecule has 5 heteroatoms. The van der Waals surface area contributed by atoms with Crippen molar-refractivity contribution in [2.24, 2.45) is 0 Å². The van der Waals surface area contributed by atoms with Crippen molar-refractivity contribution in [3.63, 3.8) is 0 Å². The van der Waals surface area contributed by atoms with Crippen molar-refractivity contribution in [2.45, 2.75) is 19.9 Å². The van der Waals surface area contributed by atoms with Crippen molar-refractivity contribution < 1.29 is 9.21 Å². The summed E-state index contributed by atoms with van der Waals surface area (Å²) in [5.74, 6) is 2.04. The average Bonchev–Trinajstić information content (AvgIpc) is 2.94. The topological polar surface area (TPSA) is 39.9 Å². The van der Waals surface area contributed by atoms with E-state index in [1.807, 2.05) is 33.2 Å². The minimum atomic E-state index is 0.183. The maximum Gasteiger partial charge on any atom is 0.236 e. The van der Waals surface area contributed by atoms with E-state index >= 15 is 0 Å². The lowest BCUT2D eigenvalue weighted by Gasteiger charge is -2.22. The molecule has 1 saturated heterocycles. The normalized spacial score (nSPS) is 16.4. The second-order valence-corrected chi connectivity index (χ2v) is 7.30. The van der Waals surface area contributed by atoms with Crippen molar-refractivity contribution >= 4 is 5.91 Å². The van der Waals surface area contributed by atoms with Gasteiger partial charge in [0.05, 0.1) is 6.54 Å². The molecule has 140 valence electrons. The van der Waals surface area contributed by atoms with Gasteiger partial charge in [-0.2, -0.15) is 0 Å². The van der Waals surface area contributed by atoms with E-state index in [1.165, 1.54) is 5.56 Å². The third-order valence-electron chi connectivity index (χ3n) is 4.92. The van der Waals surface area contributed by atoms with Crippen LogP contribution in [0.25, 0.3) is 11.3 Å². The zero-order valence-corrected chi connectivity index (χ0v) is 16.1.